The first-order valence-electron chi connectivity index (χ1n) is 6.25. The number of thiol groups is 1. The molecule has 1 atom stereocenters. The molecule has 2 rings (SSSR count). The molecule has 0 aliphatic carbocycles. The van der Waals surface area contributed by atoms with Gasteiger partial charge in [0.05, 0.1) is 5.56 Å². The number of carbonyl (C=O) groups excluding carboxylic acids is 1. The Kier molecular flexibility index (Phi) is 4.20. The molecule has 0 bridgehead atoms. The molecule has 1 aliphatic rings. The summed E-state index contributed by atoms with van der Waals surface area (Å²) in [4.78, 5) is 12.2. The van der Waals surface area contributed by atoms with Crippen LogP contribution in [0.2, 0.25) is 0 Å². The number of nitrogens with zero attached hydrogens (tertiary/aromatic N) is 1. The summed E-state index contributed by atoms with van der Waals surface area (Å²) in [5, 5.41) is 0. The second-order valence-corrected chi connectivity index (χ2v) is 7.06. The van der Waals surface area contributed by atoms with Crippen LogP contribution in [0, 0.1) is 5.92 Å². The van der Waals surface area contributed by atoms with E-state index in [4.69, 9.17) is 0 Å². The molecule has 1 aromatic rings. The molecule has 1 aromatic carbocycles. The maximum Gasteiger partial charge on any atom is 0.269 e. The predicted molar refractivity (Wildman–Crippen MR) is 76.9 cm³/mol. The Morgan fingerprint density at radius 2 is 1.95 bits per heavy atom. The van der Waals surface area contributed by atoms with E-state index in [1.165, 1.54) is 6.07 Å². The molecule has 0 spiro atoms. The van der Waals surface area contributed by atoms with E-state index in [-0.39, 0.29) is 17.0 Å². The van der Waals surface area contributed by atoms with Crippen LogP contribution in [0.5, 0.6) is 0 Å². The zero-order chi connectivity index (χ0) is 14.0. The fourth-order valence-electron chi connectivity index (χ4n) is 2.15. The SMILES string of the molecule is CC(CCS)CCN1C(=O)c2ccccc2S1(=O)=O. The summed E-state index contributed by atoms with van der Waals surface area (Å²) in [6, 6.07) is 6.36. The summed E-state index contributed by atoms with van der Waals surface area (Å²) in [7, 11) is -3.64. The van der Waals surface area contributed by atoms with Gasteiger partial charge in [0.15, 0.2) is 0 Å². The first-order valence-corrected chi connectivity index (χ1v) is 8.32. The lowest BCUT2D eigenvalue weighted by molar-refractivity contribution is 0.0866. The van der Waals surface area contributed by atoms with Gasteiger partial charge in [-0.25, -0.2) is 12.7 Å². The second kappa shape index (κ2) is 5.54. The molecule has 0 radical (unpaired) electrons. The normalized spacial score (nSPS) is 18.4. The minimum atomic E-state index is -3.64. The highest BCUT2D eigenvalue weighted by Gasteiger charge is 2.40. The van der Waals surface area contributed by atoms with Gasteiger partial charge in [-0.15, -0.1) is 0 Å². The van der Waals surface area contributed by atoms with Crippen LogP contribution in [0.3, 0.4) is 0 Å². The topological polar surface area (TPSA) is 54.5 Å². The molecule has 1 aliphatic heterocycles. The van der Waals surface area contributed by atoms with Gasteiger partial charge in [-0.3, -0.25) is 4.79 Å². The van der Waals surface area contributed by atoms with Crippen LogP contribution in [0.25, 0.3) is 0 Å². The van der Waals surface area contributed by atoms with E-state index in [2.05, 4.69) is 12.6 Å². The number of hydrogen-bond acceptors (Lipinski definition) is 4. The fourth-order valence-corrected chi connectivity index (χ4v) is 4.18. The van der Waals surface area contributed by atoms with Crippen molar-refractivity contribution in [2.45, 2.75) is 24.7 Å². The van der Waals surface area contributed by atoms with E-state index in [1.54, 1.807) is 18.2 Å². The average molecular weight is 299 g/mol. The Balaban J connectivity index is 2.19. The number of rotatable bonds is 5. The molecule has 0 aromatic heterocycles. The third-order valence-corrected chi connectivity index (χ3v) is 5.46. The molecule has 4 nitrogen and oxygen atoms in total. The highest BCUT2D eigenvalue weighted by atomic mass is 32.2. The van der Waals surface area contributed by atoms with Gasteiger partial charge in [0.2, 0.25) is 0 Å². The molecule has 1 unspecified atom stereocenters. The Labute approximate surface area is 119 Å². The van der Waals surface area contributed by atoms with Gasteiger partial charge in [-0.05, 0) is 36.6 Å². The molecule has 0 N–H and O–H groups in total. The van der Waals surface area contributed by atoms with Crippen molar-refractivity contribution in [3.05, 3.63) is 29.8 Å². The number of carbonyl (C=O) groups is 1. The molecule has 1 amide bonds. The van der Waals surface area contributed by atoms with E-state index < -0.39 is 15.9 Å². The van der Waals surface area contributed by atoms with E-state index in [0.29, 0.717) is 12.3 Å². The molecule has 19 heavy (non-hydrogen) atoms. The number of fused-ring (bicyclic) bond motifs is 1. The molecule has 104 valence electrons. The van der Waals surface area contributed by atoms with E-state index in [1.807, 2.05) is 6.92 Å². The van der Waals surface area contributed by atoms with Gasteiger partial charge < -0.3 is 0 Å². The number of benzene rings is 1. The quantitative estimate of drug-likeness (QED) is 0.848. The fraction of sp³-hybridized carbons (Fsp3) is 0.462. The van der Waals surface area contributed by atoms with Crippen molar-refractivity contribution >= 4 is 28.6 Å². The van der Waals surface area contributed by atoms with Gasteiger partial charge in [-0.1, -0.05) is 19.1 Å². The Hall–Kier alpha value is -1.01. The molecule has 0 saturated heterocycles. The molecule has 1 heterocycles. The first kappa shape index (κ1) is 14.4. The zero-order valence-electron chi connectivity index (χ0n) is 10.7. The van der Waals surface area contributed by atoms with Crippen LogP contribution in [0.15, 0.2) is 29.2 Å². The van der Waals surface area contributed by atoms with Crippen LogP contribution in [0.4, 0.5) is 0 Å². The van der Waals surface area contributed by atoms with Crippen molar-refractivity contribution in [3.8, 4) is 0 Å². The molecular formula is C13H17NO3S2. The third-order valence-electron chi connectivity index (χ3n) is 3.36. The maximum atomic E-state index is 12.3. The molecule has 0 saturated carbocycles. The molecule has 0 fully saturated rings. The first-order chi connectivity index (χ1) is 8.98. The van der Waals surface area contributed by atoms with Crippen molar-refractivity contribution in [2.75, 3.05) is 12.3 Å². The third kappa shape index (κ3) is 2.65. The second-order valence-electron chi connectivity index (χ2n) is 4.78. The van der Waals surface area contributed by atoms with Crippen molar-refractivity contribution in [2.24, 2.45) is 5.92 Å². The van der Waals surface area contributed by atoms with E-state index in [0.717, 1.165) is 16.5 Å². The van der Waals surface area contributed by atoms with Crippen LogP contribution in [0.1, 0.15) is 30.1 Å². The van der Waals surface area contributed by atoms with Crippen LogP contribution < -0.4 is 0 Å². The van der Waals surface area contributed by atoms with Gasteiger partial charge >= 0.3 is 0 Å². The van der Waals surface area contributed by atoms with Crippen LogP contribution in [-0.4, -0.2) is 30.9 Å². The van der Waals surface area contributed by atoms with Crippen molar-refractivity contribution in [1.82, 2.24) is 4.31 Å². The Bertz CT molecular complexity index is 583. The lowest BCUT2D eigenvalue weighted by Gasteiger charge is -2.17. The largest absolute Gasteiger partial charge is 0.269 e. The summed E-state index contributed by atoms with van der Waals surface area (Å²) >= 11 is 4.16. The minimum Gasteiger partial charge on any atom is -0.268 e. The van der Waals surface area contributed by atoms with Gasteiger partial charge in [0, 0.05) is 6.54 Å². The lowest BCUT2D eigenvalue weighted by atomic mass is 10.1. The monoisotopic (exact) mass is 299 g/mol. The Morgan fingerprint density at radius 1 is 1.26 bits per heavy atom. The van der Waals surface area contributed by atoms with Gasteiger partial charge in [0.25, 0.3) is 15.9 Å². The lowest BCUT2D eigenvalue weighted by Crippen LogP contribution is -2.31. The molecule has 6 heteroatoms. The number of sulfonamides is 1. The minimum absolute atomic E-state index is 0.127. The number of hydrogen-bond donors (Lipinski definition) is 1. The summed E-state index contributed by atoms with van der Waals surface area (Å²) < 4.78 is 25.5. The highest BCUT2D eigenvalue weighted by Crippen LogP contribution is 2.30. The zero-order valence-corrected chi connectivity index (χ0v) is 12.5. The Morgan fingerprint density at radius 3 is 2.58 bits per heavy atom. The van der Waals surface area contributed by atoms with Crippen molar-refractivity contribution < 1.29 is 13.2 Å². The summed E-state index contributed by atoms with van der Waals surface area (Å²) in [6.07, 6.45) is 1.58. The maximum absolute atomic E-state index is 12.3. The number of amides is 1. The van der Waals surface area contributed by atoms with Crippen LogP contribution >= 0.6 is 12.6 Å². The highest BCUT2D eigenvalue weighted by molar-refractivity contribution is 7.90. The van der Waals surface area contributed by atoms with Gasteiger partial charge in [0.1, 0.15) is 4.90 Å². The van der Waals surface area contributed by atoms with Crippen molar-refractivity contribution in [3.63, 3.8) is 0 Å². The van der Waals surface area contributed by atoms with Gasteiger partial charge in [-0.2, -0.15) is 12.6 Å². The van der Waals surface area contributed by atoms with Crippen molar-refractivity contribution in [1.29, 1.82) is 0 Å². The molecular weight excluding hydrogens is 282 g/mol. The van der Waals surface area contributed by atoms with E-state index >= 15 is 0 Å². The summed E-state index contributed by atoms with van der Waals surface area (Å²) in [5.74, 6) is 0.708. The van der Waals surface area contributed by atoms with Crippen LogP contribution in [-0.2, 0) is 10.0 Å². The summed E-state index contributed by atoms with van der Waals surface area (Å²) in [5.41, 5.74) is 0.282. The average Bonchev–Trinajstić information content (AvgIpc) is 2.57. The standard InChI is InChI=1S/C13H17NO3S2/c1-10(7-9-18)6-8-14-13(15)11-4-2-3-5-12(11)19(14,16)17/h2-5,10,18H,6-9H2,1H3. The summed E-state index contributed by atoms with van der Waals surface area (Å²) in [6.45, 7) is 2.28. The van der Waals surface area contributed by atoms with E-state index in [9.17, 15) is 13.2 Å². The predicted octanol–water partition coefficient (Wildman–Crippen LogP) is 2.18. The smallest absolute Gasteiger partial charge is 0.268 e.